The monoisotopic (exact) mass is 399 g/mol. The number of rotatable bonds is 7. The Kier molecular flexibility index (Phi) is 5.95. The van der Waals surface area contributed by atoms with Crippen LogP contribution in [-0.2, 0) is 0 Å². The highest BCUT2D eigenvalue weighted by Crippen LogP contribution is 2.39. The van der Waals surface area contributed by atoms with Crippen LogP contribution in [0.25, 0.3) is 17.0 Å². The molecular weight excluding hydrogens is 378 g/mol. The first-order chi connectivity index (χ1) is 13.5. The summed E-state index contributed by atoms with van der Waals surface area (Å²) in [5.41, 5.74) is 2.89. The predicted molar refractivity (Wildman–Crippen MR) is 112 cm³/mol. The Hall–Kier alpha value is -2.92. The molecule has 0 bridgehead atoms. The van der Waals surface area contributed by atoms with E-state index in [0.29, 0.717) is 40.0 Å². The lowest BCUT2D eigenvalue weighted by molar-refractivity contribution is 0.103. The van der Waals surface area contributed by atoms with E-state index in [4.69, 9.17) is 25.8 Å². The molecule has 0 unspecified atom stereocenters. The third kappa shape index (κ3) is 3.85. The molecule has 0 aliphatic heterocycles. The summed E-state index contributed by atoms with van der Waals surface area (Å²) in [6, 6.07) is 8.95. The van der Waals surface area contributed by atoms with Crippen molar-refractivity contribution in [1.29, 1.82) is 0 Å². The molecule has 2 aromatic carbocycles. The Balaban J connectivity index is 1.99. The molecule has 5 nitrogen and oxygen atoms in total. The van der Waals surface area contributed by atoms with Crippen LogP contribution >= 0.6 is 11.6 Å². The fraction of sp³-hybridized carbons (Fsp3) is 0.227. The number of fused-ring (bicyclic) bond motifs is 1. The number of allylic oxidation sites excluding steroid dienone is 1. The van der Waals surface area contributed by atoms with E-state index in [1.165, 1.54) is 14.2 Å². The summed E-state index contributed by atoms with van der Waals surface area (Å²) in [6.45, 7) is 4.12. The molecule has 0 spiro atoms. The van der Waals surface area contributed by atoms with Crippen molar-refractivity contribution in [2.75, 3.05) is 20.8 Å². The first-order valence-electron chi connectivity index (χ1n) is 8.87. The zero-order valence-electron chi connectivity index (χ0n) is 16.3. The van der Waals surface area contributed by atoms with Gasteiger partial charge in [0.1, 0.15) is 0 Å². The molecule has 1 aromatic heterocycles. The molecule has 3 aromatic rings. The fourth-order valence-electron chi connectivity index (χ4n) is 3.06. The van der Waals surface area contributed by atoms with E-state index in [9.17, 15) is 4.79 Å². The van der Waals surface area contributed by atoms with Gasteiger partial charge in [0.2, 0.25) is 5.75 Å². The van der Waals surface area contributed by atoms with Gasteiger partial charge in [-0.05, 0) is 49.8 Å². The van der Waals surface area contributed by atoms with Crippen molar-refractivity contribution in [2.45, 2.75) is 13.8 Å². The normalized spacial score (nSPS) is 11.5. The van der Waals surface area contributed by atoms with Crippen LogP contribution in [0.5, 0.6) is 17.2 Å². The number of halogens is 1. The number of carbonyl (C=O) groups is 1. The molecule has 0 aliphatic rings. The second-order valence-corrected chi connectivity index (χ2v) is 6.67. The average Bonchev–Trinajstić information content (AvgIpc) is 3.09. The molecule has 1 heterocycles. The van der Waals surface area contributed by atoms with Gasteiger partial charge in [0.15, 0.2) is 17.3 Å². The van der Waals surface area contributed by atoms with E-state index >= 15 is 0 Å². The Morgan fingerprint density at radius 2 is 1.82 bits per heavy atom. The van der Waals surface area contributed by atoms with E-state index in [1.54, 1.807) is 19.1 Å². The molecule has 6 heteroatoms. The molecule has 0 radical (unpaired) electrons. The maximum absolute atomic E-state index is 13.0. The summed E-state index contributed by atoms with van der Waals surface area (Å²) in [5, 5.41) is 1.66. The SMILES string of the molecule is CCOc1c(OC)cc(C(=O)/C(C)=C/c2c[nH]c3cc(Cl)ccc23)cc1OC. The van der Waals surface area contributed by atoms with E-state index in [0.717, 1.165) is 16.5 Å². The molecule has 28 heavy (non-hydrogen) atoms. The van der Waals surface area contributed by atoms with E-state index < -0.39 is 0 Å². The van der Waals surface area contributed by atoms with Crippen molar-refractivity contribution in [3.63, 3.8) is 0 Å². The van der Waals surface area contributed by atoms with Crippen LogP contribution < -0.4 is 14.2 Å². The second kappa shape index (κ2) is 8.40. The maximum Gasteiger partial charge on any atom is 0.203 e. The largest absolute Gasteiger partial charge is 0.493 e. The van der Waals surface area contributed by atoms with Gasteiger partial charge in [-0.15, -0.1) is 0 Å². The summed E-state index contributed by atoms with van der Waals surface area (Å²) in [6.07, 6.45) is 3.71. The van der Waals surface area contributed by atoms with Gasteiger partial charge in [0.25, 0.3) is 0 Å². The lowest BCUT2D eigenvalue weighted by Crippen LogP contribution is -2.05. The van der Waals surface area contributed by atoms with Crippen molar-refractivity contribution in [1.82, 2.24) is 4.98 Å². The molecule has 0 saturated heterocycles. The van der Waals surface area contributed by atoms with Gasteiger partial charge in [0.05, 0.1) is 20.8 Å². The number of aromatic amines is 1. The molecule has 0 amide bonds. The Labute approximate surface area is 168 Å². The van der Waals surface area contributed by atoms with Crippen LogP contribution in [0, 0.1) is 0 Å². The highest BCUT2D eigenvalue weighted by molar-refractivity contribution is 6.31. The summed E-state index contributed by atoms with van der Waals surface area (Å²) in [4.78, 5) is 16.2. The second-order valence-electron chi connectivity index (χ2n) is 6.23. The van der Waals surface area contributed by atoms with Gasteiger partial charge < -0.3 is 19.2 Å². The van der Waals surface area contributed by atoms with Crippen molar-refractivity contribution in [2.24, 2.45) is 0 Å². The smallest absolute Gasteiger partial charge is 0.203 e. The van der Waals surface area contributed by atoms with Crippen LogP contribution in [0.2, 0.25) is 5.02 Å². The molecule has 0 fully saturated rings. The molecule has 0 aliphatic carbocycles. The standard InChI is InChI=1S/C22H22ClNO4/c1-5-28-22-19(26-3)9-14(10-20(22)27-4)21(25)13(2)8-15-12-24-18-11-16(23)6-7-17(15)18/h6-12,24H,5H2,1-4H3/b13-8+. The summed E-state index contributed by atoms with van der Waals surface area (Å²) in [7, 11) is 3.07. The minimum atomic E-state index is -0.122. The fourth-order valence-corrected chi connectivity index (χ4v) is 3.24. The first-order valence-corrected chi connectivity index (χ1v) is 9.24. The van der Waals surface area contributed by atoms with Gasteiger partial charge in [-0.1, -0.05) is 17.7 Å². The number of hydrogen-bond acceptors (Lipinski definition) is 4. The first kappa shape index (κ1) is 19.8. The van der Waals surface area contributed by atoms with E-state index in [-0.39, 0.29) is 5.78 Å². The van der Waals surface area contributed by atoms with Gasteiger partial charge >= 0.3 is 0 Å². The number of nitrogens with one attached hydrogen (secondary N) is 1. The third-order valence-corrected chi connectivity index (χ3v) is 4.65. The number of aromatic nitrogens is 1. The van der Waals surface area contributed by atoms with Crippen molar-refractivity contribution < 1.29 is 19.0 Å². The Morgan fingerprint density at radius 1 is 1.14 bits per heavy atom. The Bertz CT molecular complexity index is 1030. The topological polar surface area (TPSA) is 60.5 Å². The van der Waals surface area contributed by atoms with Crippen LogP contribution in [0.15, 0.2) is 42.1 Å². The minimum absolute atomic E-state index is 0.122. The molecule has 0 atom stereocenters. The highest BCUT2D eigenvalue weighted by atomic mass is 35.5. The predicted octanol–water partition coefficient (Wildman–Crippen LogP) is 5.52. The van der Waals surface area contributed by atoms with E-state index in [1.807, 2.05) is 37.4 Å². The van der Waals surface area contributed by atoms with E-state index in [2.05, 4.69) is 4.98 Å². The highest BCUT2D eigenvalue weighted by Gasteiger charge is 2.18. The third-order valence-electron chi connectivity index (χ3n) is 4.42. The summed E-state index contributed by atoms with van der Waals surface area (Å²) in [5.74, 6) is 1.28. The van der Waals surface area contributed by atoms with Crippen molar-refractivity contribution in [3.8, 4) is 17.2 Å². The number of ether oxygens (including phenoxy) is 3. The zero-order chi connectivity index (χ0) is 20.3. The number of ketones is 1. The van der Waals surface area contributed by atoms with Gasteiger partial charge in [-0.25, -0.2) is 0 Å². The minimum Gasteiger partial charge on any atom is -0.493 e. The van der Waals surface area contributed by atoms with Crippen LogP contribution in [0.3, 0.4) is 0 Å². The molecule has 0 saturated carbocycles. The summed E-state index contributed by atoms with van der Waals surface area (Å²) < 4.78 is 16.4. The van der Waals surface area contributed by atoms with Crippen LogP contribution in [-0.4, -0.2) is 31.6 Å². The van der Waals surface area contributed by atoms with Gasteiger partial charge in [0, 0.05) is 33.2 Å². The number of benzene rings is 2. The number of carbonyl (C=O) groups excluding carboxylic acids is 1. The number of H-pyrrole nitrogens is 1. The van der Waals surface area contributed by atoms with Gasteiger partial charge in [-0.3, -0.25) is 4.79 Å². The Morgan fingerprint density at radius 3 is 2.43 bits per heavy atom. The number of Topliss-reactive ketones (excluding diaryl/α,β-unsaturated/α-hetero) is 1. The quantitative estimate of drug-likeness (QED) is 0.419. The number of hydrogen-bond donors (Lipinski definition) is 1. The number of methoxy groups -OCH3 is 2. The van der Waals surface area contributed by atoms with Gasteiger partial charge in [-0.2, -0.15) is 0 Å². The van der Waals surface area contributed by atoms with Crippen LogP contribution in [0.4, 0.5) is 0 Å². The summed E-state index contributed by atoms with van der Waals surface area (Å²) >= 11 is 6.03. The van der Waals surface area contributed by atoms with Crippen molar-refractivity contribution >= 4 is 34.4 Å². The van der Waals surface area contributed by atoms with Crippen molar-refractivity contribution in [3.05, 3.63) is 58.3 Å². The lowest BCUT2D eigenvalue weighted by atomic mass is 10.0. The molecule has 146 valence electrons. The maximum atomic E-state index is 13.0. The van der Waals surface area contributed by atoms with Crippen LogP contribution in [0.1, 0.15) is 29.8 Å². The molecule has 3 rings (SSSR count). The molecular formula is C22H22ClNO4. The molecule has 1 N–H and O–H groups in total. The lowest BCUT2D eigenvalue weighted by Gasteiger charge is -2.15. The zero-order valence-corrected chi connectivity index (χ0v) is 17.0. The average molecular weight is 400 g/mol.